The third-order valence-corrected chi connectivity index (χ3v) is 3.44. The highest BCUT2D eigenvalue weighted by molar-refractivity contribution is 5.93. The van der Waals surface area contributed by atoms with Crippen molar-refractivity contribution >= 4 is 23.3 Å². The van der Waals surface area contributed by atoms with Crippen LogP contribution in [0.4, 0.5) is 4.39 Å². The Balaban J connectivity index is 0.00000161. The molecule has 0 amide bonds. The molecular formula is C17H16ClFN2. The minimum atomic E-state index is -0.237. The summed E-state index contributed by atoms with van der Waals surface area (Å²) in [6.07, 6.45) is 3.66. The Labute approximate surface area is 129 Å². The molecule has 0 saturated carbocycles. The molecule has 0 fully saturated rings. The van der Waals surface area contributed by atoms with E-state index in [1.165, 1.54) is 12.1 Å². The van der Waals surface area contributed by atoms with Gasteiger partial charge in [-0.05, 0) is 43.3 Å². The van der Waals surface area contributed by atoms with Gasteiger partial charge in [-0.1, -0.05) is 6.08 Å². The summed E-state index contributed by atoms with van der Waals surface area (Å²) in [6.45, 7) is 6.61. The molecule has 0 saturated heterocycles. The third-order valence-electron chi connectivity index (χ3n) is 3.44. The van der Waals surface area contributed by atoms with E-state index < -0.39 is 0 Å². The number of hydrogen-bond donors (Lipinski definition) is 0. The molecule has 3 aromatic rings. The summed E-state index contributed by atoms with van der Waals surface area (Å²) in [5.41, 5.74) is 4.02. The maximum Gasteiger partial charge on any atom is 0.123 e. The number of aryl methyl sites for hydroxylation is 1. The first-order valence-electron chi connectivity index (χ1n) is 6.52. The minimum absolute atomic E-state index is 0. The Morgan fingerprint density at radius 1 is 1.24 bits per heavy atom. The van der Waals surface area contributed by atoms with Crippen LogP contribution in [0.5, 0.6) is 0 Å². The van der Waals surface area contributed by atoms with Crippen LogP contribution in [0.2, 0.25) is 0 Å². The molecule has 2 heterocycles. The Morgan fingerprint density at radius 3 is 2.62 bits per heavy atom. The first kappa shape index (κ1) is 15.3. The number of aromatic nitrogens is 2. The zero-order chi connectivity index (χ0) is 14.1. The highest BCUT2D eigenvalue weighted by Gasteiger charge is 2.11. The fraction of sp³-hybridized carbons (Fsp3) is 0.118. The second kappa shape index (κ2) is 6.10. The summed E-state index contributed by atoms with van der Waals surface area (Å²) in [4.78, 5) is 4.49. The summed E-state index contributed by atoms with van der Waals surface area (Å²) in [6, 6.07) is 10.6. The van der Waals surface area contributed by atoms with Crippen molar-refractivity contribution in [3.05, 3.63) is 66.8 Å². The molecule has 2 aromatic heterocycles. The number of allylic oxidation sites excluding steroid dienone is 1. The van der Waals surface area contributed by atoms with E-state index in [4.69, 9.17) is 0 Å². The molecule has 0 unspecified atom stereocenters. The van der Waals surface area contributed by atoms with Gasteiger partial charge in [-0.25, -0.2) is 4.39 Å². The van der Waals surface area contributed by atoms with E-state index in [-0.39, 0.29) is 18.2 Å². The molecule has 0 aliphatic heterocycles. The van der Waals surface area contributed by atoms with E-state index in [0.717, 1.165) is 34.4 Å². The molecule has 4 heteroatoms. The molecule has 0 radical (unpaired) electrons. The van der Waals surface area contributed by atoms with Crippen molar-refractivity contribution in [3.63, 3.8) is 0 Å². The molecule has 3 rings (SSSR count). The van der Waals surface area contributed by atoms with Crippen molar-refractivity contribution < 1.29 is 4.39 Å². The van der Waals surface area contributed by atoms with Crippen LogP contribution in [-0.4, -0.2) is 9.55 Å². The highest BCUT2D eigenvalue weighted by atomic mass is 35.5. The molecule has 21 heavy (non-hydrogen) atoms. The van der Waals surface area contributed by atoms with Gasteiger partial charge in [0, 0.05) is 29.4 Å². The van der Waals surface area contributed by atoms with Crippen LogP contribution in [-0.2, 0) is 6.54 Å². The molecule has 0 spiro atoms. The standard InChI is InChI=1S/C17H15FN2.ClH/c1-3-10-20-12(2)11-14-8-9-19-16(17(14)20)13-4-6-15(18)7-5-13;/h3-9,11H,1,10H2,2H3;1H. The lowest BCUT2D eigenvalue weighted by Gasteiger charge is -2.09. The van der Waals surface area contributed by atoms with Gasteiger partial charge in [0.1, 0.15) is 5.82 Å². The number of rotatable bonds is 3. The van der Waals surface area contributed by atoms with Crippen LogP contribution in [0.3, 0.4) is 0 Å². The number of fused-ring (bicyclic) bond motifs is 1. The molecular weight excluding hydrogens is 287 g/mol. The minimum Gasteiger partial charge on any atom is -0.339 e. The van der Waals surface area contributed by atoms with Gasteiger partial charge in [-0.15, -0.1) is 19.0 Å². The van der Waals surface area contributed by atoms with Gasteiger partial charge >= 0.3 is 0 Å². The largest absolute Gasteiger partial charge is 0.339 e. The average molecular weight is 303 g/mol. The highest BCUT2D eigenvalue weighted by Crippen LogP contribution is 2.29. The van der Waals surface area contributed by atoms with Crippen molar-refractivity contribution in [2.24, 2.45) is 0 Å². The topological polar surface area (TPSA) is 17.8 Å². The number of hydrogen-bond acceptors (Lipinski definition) is 1. The lowest BCUT2D eigenvalue weighted by Crippen LogP contribution is -1.99. The van der Waals surface area contributed by atoms with Crippen molar-refractivity contribution in [3.8, 4) is 11.3 Å². The molecule has 0 bridgehead atoms. The molecule has 108 valence electrons. The molecule has 0 aliphatic rings. The van der Waals surface area contributed by atoms with Crippen LogP contribution in [0.25, 0.3) is 22.2 Å². The normalized spacial score (nSPS) is 10.4. The summed E-state index contributed by atoms with van der Waals surface area (Å²) in [5.74, 6) is -0.237. The summed E-state index contributed by atoms with van der Waals surface area (Å²) >= 11 is 0. The number of halogens is 2. The number of nitrogens with zero attached hydrogens (tertiary/aromatic N) is 2. The Bertz CT molecular complexity index is 775. The van der Waals surface area contributed by atoms with E-state index >= 15 is 0 Å². The van der Waals surface area contributed by atoms with Crippen LogP contribution < -0.4 is 0 Å². The zero-order valence-corrected chi connectivity index (χ0v) is 12.5. The van der Waals surface area contributed by atoms with Gasteiger partial charge < -0.3 is 4.57 Å². The number of benzene rings is 1. The summed E-state index contributed by atoms with van der Waals surface area (Å²) in [5, 5.41) is 1.14. The first-order chi connectivity index (χ1) is 9.70. The van der Waals surface area contributed by atoms with E-state index in [1.54, 1.807) is 18.3 Å². The lowest BCUT2D eigenvalue weighted by molar-refractivity contribution is 0.628. The van der Waals surface area contributed by atoms with Crippen molar-refractivity contribution in [2.75, 3.05) is 0 Å². The van der Waals surface area contributed by atoms with Crippen molar-refractivity contribution in [1.82, 2.24) is 9.55 Å². The third kappa shape index (κ3) is 2.69. The summed E-state index contributed by atoms with van der Waals surface area (Å²) < 4.78 is 15.3. The SMILES string of the molecule is C=CCn1c(C)cc2ccnc(-c3ccc(F)cc3)c21.Cl. The van der Waals surface area contributed by atoms with Gasteiger partial charge in [0.2, 0.25) is 0 Å². The molecule has 0 aliphatic carbocycles. The van der Waals surface area contributed by atoms with Crippen molar-refractivity contribution in [2.45, 2.75) is 13.5 Å². The van der Waals surface area contributed by atoms with Gasteiger partial charge in [0.25, 0.3) is 0 Å². The second-order valence-electron chi connectivity index (χ2n) is 4.79. The fourth-order valence-electron chi connectivity index (χ4n) is 2.53. The Hall–Kier alpha value is -2.13. The Morgan fingerprint density at radius 2 is 1.95 bits per heavy atom. The van der Waals surface area contributed by atoms with Gasteiger partial charge in [0.05, 0.1) is 11.2 Å². The quantitative estimate of drug-likeness (QED) is 0.638. The van der Waals surface area contributed by atoms with E-state index in [1.807, 2.05) is 12.1 Å². The van der Waals surface area contributed by atoms with Gasteiger partial charge in [0.15, 0.2) is 0 Å². The summed E-state index contributed by atoms with van der Waals surface area (Å²) in [7, 11) is 0. The van der Waals surface area contributed by atoms with E-state index in [2.05, 4.69) is 29.1 Å². The fourth-order valence-corrected chi connectivity index (χ4v) is 2.53. The monoisotopic (exact) mass is 302 g/mol. The van der Waals surface area contributed by atoms with Crippen LogP contribution >= 0.6 is 12.4 Å². The van der Waals surface area contributed by atoms with E-state index in [9.17, 15) is 4.39 Å². The average Bonchev–Trinajstić information content (AvgIpc) is 2.77. The Kier molecular flexibility index (Phi) is 4.43. The van der Waals surface area contributed by atoms with Crippen LogP contribution in [0.15, 0.2) is 55.3 Å². The molecule has 0 atom stereocenters. The maximum atomic E-state index is 13.1. The van der Waals surface area contributed by atoms with Crippen LogP contribution in [0.1, 0.15) is 5.69 Å². The van der Waals surface area contributed by atoms with E-state index in [0.29, 0.717) is 0 Å². The number of pyridine rings is 1. The second-order valence-corrected chi connectivity index (χ2v) is 4.79. The molecule has 0 N–H and O–H groups in total. The zero-order valence-electron chi connectivity index (χ0n) is 11.7. The smallest absolute Gasteiger partial charge is 0.123 e. The van der Waals surface area contributed by atoms with Crippen LogP contribution in [0, 0.1) is 12.7 Å². The van der Waals surface area contributed by atoms with Gasteiger partial charge in [-0.3, -0.25) is 4.98 Å². The van der Waals surface area contributed by atoms with Gasteiger partial charge in [-0.2, -0.15) is 0 Å². The predicted octanol–water partition coefficient (Wildman–Crippen LogP) is 4.76. The predicted molar refractivity (Wildman–Crippen MR) is 87.3 cm³/mol. The molecule has 2 nitrogen and oxygen atoms in total. The lowest BCUT2D eigenvalue weighted by atomic mass is 10.1. The maximum absolute atomic E-state index is 13.1. The first-order valence-corrected chi connectivity index (χ1v) is 6.52. The van der Waals surface area contributed by atoms with Crippen molar-refractivity contribution in [1.29, 1.82) is 0 Å². The molecule has 1 aromatic carbocycles.